The normalized spacial score (nSPS) is 26.4. The molecule has 0 aromatic heterocycles. The predicted octanol–water partition coefficient (Wildman–Crippen LogP) is 3.93. The fourth-order valence-electron chi connectivity index (χ4n) is 3.54. The number of rotatable bonds is 4. The average molecular weight is 289 g/mol. The highest BCUT2D eigenvalue weighted by molar-refractivity contribution is 5.44. The summed E-state index contributed by atoms with van der Waals surface area (Å²) in [5.74, 6) is 3.50. The highest BCUT2D eigenvalue weighted by atomic mass is 16.6. The molecule has 0 amide bonds. The molecule has 3 unspecified atom stereocenters. The Kier molecular flexibility index (Phi) is 4.69. The number of benzene rings is 1. The standard InChI is InChI=1S/C18H27NO2/c1-13-4-3-5-15(10-13)12-19-14(2)16-6-7-17-18(11-16)21-9-8-20-17/h6-7,11,13-15,19H,3-5,8-10,12H2,1-2H3. The van der Waals surface area contributed by atoms with Crippen LogP contribution in [0.5, 0.6) is 11.5 Å². The molecule has 1 heterocycles. The molecule has 1 aliphatic heterocycles. The lowest BCUT2D eigenvalue weighted by Crippen LogP contribution is -2.28. The van der Waals surface area contributed by atoms with Crippen molar-refractivity contribution in [2.75, 3.05) is 19.8 Å². The van der Waals surface area contributed by atoms with E-state index in [-0.39, 0.29) is 0 Å². The third-order valence-electron chi connectivity index (χ3n) is 4.82. The lowest BCUT2D eigenvalue weighted by atomic mass is 9.82. The second kappa shape index (κ2) is 6.69. The van der Waals surface area contributed by atoms with Gasteiger partial charge >= 0.3 is 0 Å². The topological polar surface area (TPSA) is 30.5 Å². The van der Waals surface area contributed by atoms with Crippen molar-refractivity contribution in [3.63, 3.8) is 0 Å². The second-order valence-electron chi connectivity index (χ2n) is 6.67. The molecule has 1 aliphatic carbocycles. The van der Waals surface area contributed by atoms with Gasteiger partial charge in [-0.3, -0.25) is 0 Å². The van der Waals surface area contributed by atoms with E-state index in [2.05, 4.69) is 31.3 Å². The summed E-state index contributed by atoms with van der Waals surface area (Å²) < 4.78 is 11.2. The Labute approximate surface area is 128 Å². The minimum atomic E-state index is 0.359. The Morgan fingerprint density at radius 2 is 2.00 bits per heavy atom. The summed E-state index contributed by atoms with van der Waals surface area (Å²) in [5.41, 5.74) is 1.28. The molecule has 3 rings (SSSR count). The lowest BCUT2D eigenvalue weighted by Gasteiger charge is -2.28. The zero-order valence-electron chi connectivity index (χ0n) is 13.2. The van der Waals surface area contributed by atoms with Crippen LogP contribution in [0.25, 0.3) is 0 Å². The van der Waals surface area contributed by atoms with Crippen LogP contribution >= 0.6 is 0 Å². The monoisotopic (exact) mass is 289 g/mol. The van der Waals surface area contributed by atoms with Crippen LogP contribution in [-0.4, -0.2) is 19.8 Å². The first-order chi connectivity index (χ1) is 10.2. The molecule has 1 aromatic carbocycles. The molecule has 1 saturated carbocycles. The zero-order chi connectivity index (χ0) is 14.7. The van der Waals surface area contributed by atoms with Crippen molar-refractivity contribution < 1.29 is 9.47 Å². The van der Waals surface area contributed by atoms with Gasteiger partial charge in [0, 0.05) is 6.04 Å². The maximum atomic E-state index is 5.67. The molecule has 0 saturated heterocycles. The van der Waals surface area contributed by atoms with Crippen LogP contribution in [0.2, 0.25) is 0 Å². The van der Waals surface area contributed by atoms with E-state index in [4.69, 9.17) is 9.47 Å². The first kappa shape index (κ1) is 14.7. The van der Waals surface area contributed by atoms with E-state index in [1.54, 1.807) is 0 Å². The smallest absolute Gasteiger partial charge is 0.161 e. The number of ether oxygens (including phenoxy) is 2. The summed E-state index contributed by atoms with van der Waals surface area (Å²) in [6.07, 6.45) is 5.56. The summed E-state index contributed by atoms with van der Waals surface area (Å²) in [6.45, 7) is 7.05. The Morgan fingerprint density at radius 1 is 1.19 bits per heavy atom. The van der Waals surface area contributed by atoms with E-state index in [9.17, 15) is 0 Å². The highest BCUT2D eigenvalue weighted by Crippen LogP contribution is 2.33. The molecule has 3 nitrogen and oxygen atoms in total. The predicted molar refractivity (Wildman–Crippen MR) is 85.0 cm³/mol. The summed E-state index contributed by atoms with van der Waals surface area (Å²) in [5, 5.41) is 3.70. The van der Waals surface area contributed by atoms with Crippen LogP contribution in [0.3, 0.4) is 0 Å². The molecule has 0 spiro atoms. The minimum Gasteiger partial charge on any atom is -0.486 e. The Balaban J connectivity index is 1.56. The van der Waals surface area contributed by atoms with Gasteiger partial charge in [-0.15, -0.1) is 0 Å². The zero-order valence-corrected chi connectivity index (χ0v) is 13.2. The number of hydrogen-bond donors (Lipinski definition) is 1. The third kappa shape index (κ3) is 3.70. The van der Waals surface area contributed by atoms with Crippen LogP contribution in [0.1, 0.15) is 51.1 Å². The SMILES string of the molecule is CC1CCCC(CNC(C)c2ccc3c(c2)OCCO3)C1. The molecule has 3 atom stereocenters. The molecule has 0 radical (unpaired) electrons. The molecule has 21 heavy (non-hydrogen) atoms. The molecule has 0 bridgehead atoms. The van der Waals surface area contributed by atoms with E-state index in [0.29, 0.717) is 19.3 Å². The molecule has 116 valence electrons. The first-order valence-electron chi connectivity index (χ1n) is 8.35. The minimum absolute atomic E-state index is 0.359. The fraction of sp³-hybridized carbons (Fsp3) is 0.667. The average Bonchev–Trinajstić information content (AvgIpc) is 2.52. The van der Waals surface area contributed by atoms with E-state index >= 15 is 0 Å². The summed E-state index contributed by atoms with van der Waals surface area (Å²) in [6, 6.07) is 6.66. The van der Waals surface area contributed by atoms with Crippen molar-refractivity contribution in [1.29, 1.82) is 0 Å². The Morgan fingerprint density at radius 3 is 2.81 bits per heavy atom. The largest absolute Gasteiger partial charge is 0.486 e. The lowest BCUT2D eigenvalue weighted by molar-refractivity contribution is 0.171. The second-order valence-corrected chi connectivity index (χ2v) is 6.67. The van der Waals surface area contributed by atoms with Crippen molar-refractivity contribution in [2.24, 2.45) is 11.8 Å². The third-order valence-corrected chi connectivity index (χ3v) is 4.82. The van der Waals surface area contributed by atoms with Crippen LogP contribution in [-0.2, 0) is 0 Å². The number of nitrogens with one attached hydrogen (secondary N) is 1. The van der Waals surface area contributed by atoms with Gasteiger partial charge in [0.15, 0.2) is 11.5 Å². The van der Waals surface area contributed by atoms with Gasteiger partial charge in [-0.25, -0.2) is 0 Å². The van der Waals surface area contributed by atoms with E-state index < -0.39 is 0 Å². The van der Waals surface area contributed by atoms with Crippen molar-refractivity contribution in [2.45, 2.75) is 45.6 Å². The Bertz CT molecular complexity index is 474. The molecular weight excluding hydrogens is 262 g/mol. The first-order valence-corrected chi connectivity index (χ1v) is 8.35. The summed E-state index contributed by atoms with van der Waals surface area (Å²) in [7, 11) is 0. The van der Waals surface area contributed by atoms with Crippen LogP contribution in [0, 0.1) is 11.8 Å². The maximum Gasteiger partial charge on any atom is 0.161 e. The molecule has 1 aromatic rings. The van der Waals surface area contributed by atoms with Gasteiger partial charge in [-0.2, -0.15) is 0 Å². The molecule has 1 N–H and O–H groups in total. The fourth-order valence-corrected chi connectivity index (χ4v) is 3.54. The van der Waals surface area contributed by atoms with Crippen molar-refractivity contribution in [1.82, 2.24) is 5.32 Å². The molecular formula is C18H27NO2. The quantitative estimate of drug-likeness (QED) is 0.911. The molecule has 3 heteroatoms. The highest BCUT2D eigenvalue weighted by Gasteiger charge is 2.20. The van der Waals surface area contributed by atoms with Gasteiger partial charge in [0.2, 0.25) is 0 Å². The molecule has 2 aliphatic rings. The van der Waals surface area contributed by atoms with Gasteiger partial charge in [0.05, 0.1) is 0 Å². The summed E-state index contributed by atoms with van der Waals surface area (Å²) in [4.78, 5) is 0. The van der Waals surface area contributed by atoms with Crippen molar-refractivity contribution in [3.05, 3.63) is 23.8 Å². The van der Waals surface area contributed by atoms with E-state index in [1.807, 2.05) is 6.07 Å². The van der Waals surface area contributed by atoms with Gasteiger partial charge < -0.3 is 14.8 Å². The van der Waals surface area contributed by atoms with Gasteiger partial charge in [0.1, 0.15) is 13.2 Å². The maximum absolute atomic E-state index is 5.67. The van der Waals surface area contributed by atoms with Crippen LogP contribution in [0.4, 0.5) is 0 Å². The van der Waals surface area contributed by atoms with Crippen molar-refractivity contribution in [3.8, 4) is 11.5 Å². The number of hydrogen-bond acceptors (Lipinski definition) is 3. The Hall–Kier alpha value is -1.22. The van der Waals surface area contributed by atoms with Gasteiger partial charge in [-0.1, -0.05) is 25.8 Å². The van der Waals surface area contributed by atoms with Crippen molar-refractivity contribution >= 4 is 0 Å². The van der Waals surface area contributed by atoms with Gasteiger partial charge in [0.25, 0.3) is 0 Å². The molecule has 1 fully saturated rings. The van der Waals surface area contributed by atoms with Gasteiger partial charge in [-0.05, 0) is 55.8 Å². The van der Waals surface area contributed by atoms with E-state index in [1.165, 1.54) is 31.2 Å². The number of fused-ring (bicyclic) bond motifs is 1. The van der Waals surface area contributed by atoms with Crippen LogP contribution < -0.4 is 14.8 Å². The van der Waals surface area contributed by atoms with E-state index in [0.717, 1.165) is 29.9 Å². The van der Waals surface area contributed by atoms with Crippen LogP contribution in [0.15, 0.2) is 18.2 Å². The summed E-state index contributed by atoms with van der Waals surface area (Å²) >= 11 is 0.